The summed E-state index contributed by atoms with van der Waals surface area (Å²) in [5.74, 6) is -0.155. The summed E-state index contributed by atoms with van der Waals surface area (Å²) in [5.41, 5.74) is 7.01. The van der Waals surface area contributed by atoms with Gasteiger partial charge in [-0.15, -0.1) is 12.4 Å². The van der Waals surface area contributed by atoms with Gasteiger partial charge in [0, 0.05) is 25.6 Å². The Balaban J connectivity index is 0.00000200. The molecule has 1 aliphatic heterocycles. The lowest BCUT2D eigenvalue weighted by Gasteiger charge is -2.22. The minimum Gasteiger partial charge on any atom is -0.355 e. The molecule has 6 heteroatoms. The topological polar surface area (TPSA) is 84.2 Å². The molecule has 110 valence electrons. The summed E-state index contributed by atoms with van der Waals surface area (Å²) in [5, 5.41) is 5.55. The summed E-state index contributed by atoms with van der Waals surface area (Å²) in [6.45, 7) is 0.832. The van der Waals surface area contributed by atoms with Crippen LogP contribution in [0.15, 0.2) is 30.3 Å². The second-order valence-corrected chi connectivity index (χ2v) is 4.80. The quantitative estimate of drug-likeness (QED) is 0.767. The van der Waals surface area contributed by atoms with Gasteiger partial charge in [0.25, 0.3) is 0 Å². The Bertz CT molecular complexity index is 443. The normalized spacial score (nSPS) is 19.4. The van der Waals surface area contributed by atoms with Crippen molar-refractivity contribution < 1.29 is 9.59 Å². The maximum Gasteiger partial charge on any atom is 0.224 e. The van der Waals surface area contributed by atoms with Gasteiger partial charge in [0.05, 0.1) is 5.92 Å². The van der Waals surface area contributed by atoms with Crippen LogP contribution >= 0.6 is 12.4 Å². The highest BCUT2D eigenvalue weighted by Gasteiger charge is 2.24. The van der Waals surface area contributed by atoms with Gasteiger partial charge < -0.3 is 16.4 Å². The molecular formula is C14H20ClN3O2. The largest absolute Gasteiger partial charge is 0.355 e. The van der Waals surface area contributed by atoms with Crippen LogP contribution in [0.1, 0.15) is 24.4 Å². The van der Waals surface area contributed by atoms with Crippen LogP contribution in [0.5, 0.6) is 0 Å². The fourth-order valence-electron chi connectivity index (χ4n) is 2.13. The van der Waals surface area contributed by atoms with Gasteiger partial charge in [0.15, 0.2) is 0 Å². The van der Waals surface area contributed by atoms with Crippen molar-refractivity contribution in [3.05, 3.63) is 35.9 Å². The van der Waals surface area contributed by atoms with Crippen LogP contribution in [-0.2, 0) is 9.59 Å². The number of carbonyl (C=O) groups excluding carboxylic acids is 2. The molecule has 0 bridgehead atoms. The zero-order chi connectivity index (χ0) is 13.7. The summed E-state index contributed by atoms with van der Waals surface area (Å²) in [7, 11) is 0. The van der Waals surface area contributed by atoms with E-state index in [4.69, 9.17) is 5.73 Å². The Kier molecular flexibility index (Phi) is 6.48. The number of benzene rings is 1. The van der Waals surface area contributed by atoms with E-state index in [9.17, 15) is 9.59 Å². The summed E-state index contributed by atoms with van der Waals surface area (Å²) < 4.78 is 0. The van der Waals surface area contributed by atoms with E-state index < -0.39 is 0 Å². The van der Waals surface area contributed by atoms with Crippen LogP contribution in [0.3, 0.4) is 0 Å². The van der Waals surface area contributed by atoms with E-state index in [2.05, 4.69) is 10.6 Å². The number of carbonyl (C=O) groups is 2. The maximum atomic E-state index is 11.9. The summed E-state index contributed by atoms with van der Waals surface area (Å²) >= 11 is 0. The van der Waals surface area contributed by atoms with Crippen molar-refractivity contribution in [2.24, 2.45) is 11.7 Å². The first-order valence-corrected chi connectivity index (χ1v) is 6.52. The molecule has 2 atom stereocenters. The fraction of sp³-hybridized carbons (Fsp3) is 0.429. The molecule has 2 unspecified atom stereocenters. The number of nitrogens with two attached hydrogens (primary N) is 1. The zero-order valence-corrected chi connectivity index (χ0v) is 12.0. The van der Waals surface area contributed by atoms with Crippen LogP contribution in [-0.4, -0.2) is 24.9 Å². The van der Waals surface area contributed by atoms with Crippen LogP contribution < -0.4 is 16.4 Å². The second-order valence-electron chi connectivity index (χ2n) is 4.80. The minimum absolute atomic E-state index is 0. The lowest BCUT2D eigenvalue weighted by atomic mass is 9.98. The monoisotopic (exact) mass is 297 g/mol. The number of hydrogen-bond acceptors (Lipinski definition) is 3. The Morgan fingerprint density at radius 1 is 1.40 bits per heavy atom. The van der Waals surface area contributed by atoms with E-state index in [0.29, 0.717) is 25.9 Å². The van der Waals surface area contributed by atoms with Crippen molar-refractivity contribution in [1.82, 2.24) is 10.6 Å². The average Bonchev–Trinajstić information content (AvgIpc) is 2.46. The number of amides is 2. The number of hydrogen-bond donors (Lipinski definition) is 3. The first-order valence-electron chi connectivity index (χ1n) is 6.52. The minimum atomic E-state index is -0.205. The molecule has 1 fully saturated rings. The molecule has 1 saturated heterocycles. The maximum absolute atomic E-state index is 11.9. The molecule has 1 aliphatic rings. The smallest absolute Gasteiger partial charge is 0.224 e. The van der Waals surface area contributed by atoms with Crippen molar-refractivity contribution >= 4 is 24.2 Å². The number of rotatable bonds is 4. The predicted octanol–water partition coefficient (Wildman–Crippen LogP) is 0.751. The zero-order valence-electron chi connectivity index (χ0n) is 11.2. The molecule has 2 amide bonds. The van der Waals surface area contributed by atoms with E-state index >= 15 is 0 Å². The first-order chi connectivity index (χ1) is 9.16. The standard InChI is InChI=1S/C14H19N3O2.ClH/c15-12(10-4-2-1-3-5-10)9-17-14(19)11-6-7-13(18)16-8-11;/h1-5,11-12H,6-9,15H2,(H,16,18)(H,17,19);1H. The van der Waals surface area contributed by atoms with Gasteiger partial charge in [-0.25, -0.2) is 0 Å². The molecule has 0 saturated carbocycles. The molecule has 0 aromatic heterocycles. The first kappa shape index (κ1) is 16.5. The fourth-order valence-corrected chi connectivity index (χ4v) is 2.13. The number of piperidine rings is 1. The van der Waals surface area contributed by atoms with Gasteiger partial charge in [-0.05, 0) is 12.0 Å². The van der Waals surface area contributed by atoms with Crippen molar-refractivity contribution in [3.63, 3.8) is 0 Å². The molecule has 1 heterocycles. The van der Waals surface area contributed by atoms with Crippen LogP contribution in [0, 0.1) is 5.92 Å². The third-order valence-corrected chi connectivity index (χ3v) is 3.36. The van der Waals surface area contributed by atoms with Gasteiger partial charge >= 0.3 is 0 Å². The van der Waals surface area contributed by atoms with Gasteiger partial charge in [-0.1, -0.05) is 30.3 Å². The second kappa shape index (κ2) is 7.87. The molecule has 1 aromatic rings. The molecule has 5 nitrogen and oxygen atoms in total. The van der Waals surface area contributed by atoms with Gasteiger partial charge in [-0.2, -0.15) is 0 Å². The molecule has 0 radical (unpaired) electrons. The average molecular weight is 298 g/mol. The lowest BCUT2D eigenvalue weighted by Crippen LogP contribution is -2.44. The molecule has 2 rings (SSSR count). The number of halogens is 1. The van der Waals surface area contributed by atoms with Crippen molar-refractivity contribution in [2.45, 2.75) is 18.9 Å². The summed E-state index contributed by atoms with van der Waals surface area (Å²) in [6, 6.07) is 9.46. The molecule has 0 spiro atoms. The Hall–Kier alpha value is -1.59. The third-order valence-electron chi connectivity index (χ3n) is 3.36. The Morgan fingerprint density at radius 2 is 2.10 bits per heavy atom. The molecule has 0 aliphatic carbocycles. The van der Waals surface area contributed by atoms with E-state index in [1.54, 1.807) is 0 Å². The SMILES string of the molecule is Cl.NC(CNC(=O)C1CCC(=O)NC1)c1ccccc1. The predicted molar refractivity (Wildman–Crippen MR) is 79.4 cm³/mol. The van der Waals surface area contributed by atoms with Crippen LogP contribution in [0.4, 0.5) is 0 Å². The van der Waals surface area contributed by atoms with E-state index in [1.807, 2.05) is 30.3 Å². The molecule has 20 heavy (non-hydrogen) atoms. The van der Waals surface area contributed by atoms with Crippen LogP contribution in [0.2, 0.25) is 0 Å². The third kappa shape index (κ3) is 4.51. The molecular weight excluding hydrogens is 278 g/mol. The lowest BCUT2D eigenvalue weighted by molar-refractivity contribution is -0.128. The van der Waals surface area contributed by atoms with Crippen LogP contribution in [0.25, 0.3) is 0 Å². The molecule has 1 aromatic carbocycles. The van der Waals surface area contributed by atoms with Gasteiger partial charge in [0.2, 0.25) is 11.8 Å². The Morgan fingerprint density at radius 3 is 2.70 bits per heavy atom. The van der Waals surface area contributed by atoms with E-state index in [-0.39, 0.29) is 36.2 Å². The highest BCUT2D eigenvalue weighted by Crippen LogP contribution is 2.12. The van der Waals surface area contributed by atoms with Crippen molar-refractivity contribution in [2.75, 3.05) is 13.1 Å². The van der Waals surface area contributed by atoms with Crippen molar-refractivity contribution in [3.8, 4) is 0 Å². The highest BCUT2D eigenvalue weighted by molar-refractivity contribution is 5.85. The van der Waals surface area contributed by atoms with E-state index in [1.165, 1.54) is 0 Å². The number of nitrogens with one attached hydrogen (secondary N) is 2. The molecule has 4 N–H and O–H groups in total. The van der Waals surface area contributed by atoms with Crippen molar-refractivity contribution in [1.29, 1.82) is 0 Å². The van der Waals surface area contributed by atoms with Gasteiger partial charge in [0.1, 0.15) is 0 Å². The highest BCUT2D eigenvalue weighted by atomic mass is 35.5. The summed E-state index contributed by atoms with van der Waals surface area (Å²) in [6.07, 6.45) is 1.03. The van der Waals surface area contributed by atoms with Gasteiger partial charge in [-0.3, -0.25) is 9.59 Å². The summed E-state index contributed by atoms with van der Waals surface area (Å²) in [4.78, 5) is 22.9. The van der Waals surface area contributed by atoms with E-state index in [0.717, 1.165) is 5.56 Å². The Labute approximate surface area is 124 Å².